The third-order valence-electron chi connectivity index (χ3n) is 5.01. The third-order valence-corrected chi connectivity index (χ3v) is 6.54. The number of benzene rings is 2. The number of anilines is 1. The van der Waals surface area contributed by atoms with Crippen LogP contribution >= 0.6 is 27.7 Å². The number of amides is 2. The number of hydrogen-bond donors (Lipinski definition) is 1. The molecule has 5 nitrogen and oxygen atoms in total. The summed E-state index contributed by atoms with van der Waals surface area (Å²) >= 11 is 4.97. The summed E-state index contributed by atoms with van der Waals surface area (Å²) in [6.07, 6.45) is 0. The summed E-state index contributed by atoms with van der Waals surface area (Å²) in [5.41, 5.74) is 3.03. The lowest BCUT2D eigenvalue weighted by atomic mass is 10.1. The van der Waals surface area contributed by atoms with Crippen LogP contribution in [0.4, 0.5) is 5.69 Å². The van der Waals surface area contributed by atoms with Gasteiger partial charge in [-0.3, -0.25) is 14.5 Å². The molecule has 7 heteroatoms. The van der Waals surface area contributed by atoms with E-state index >= 15 is 0 Å². The van der Waals surface area contributed by atoms with Crippen LogP contribution in [0.3, 0.4) is 0 Å². The molecule has 0 aromatic heterocycles. The maximum absolute atomic E-state index is 12.5. The van der Waals surface area contributed by atoms with Gasteiger partial charge in [-0.25, -0.2) is 0 Å². The number of carbonyl (C=O) groups excluding carboxylic acids is 2. The Morgan fingerprint density at radius 2 is 1.62 bits per heavy atom. The summed E-state index contributed by atoms with van der Waals surface area (Å²) < 4.78 is 1.03. The number of halogens is 1. The highest BCUT2D eigenvalue weighted by molar-refractivity contribution is 9.10. The van der Waals surface area contributed by atoms with E-state index in [1.54, 1.807) is 11.8 Å². The Kier molecular flexibility index (Phi) is 7.75. The average Bonchev–Trinajstić information content (AvgIpc) is 2.71. The van der Waals surface area contributed by atoms with Crippen LogP contribution in [-0.2, 0) is 9.59 Å². The Labute approximate surface area is 185 Å². The molecular formula is C22H26BrN3O2S. The molecule has 1 saturated heterocycles. The Hall–Kier alpha value is -1.83. The number of rotatable bonds is 6. The van der Waals surface area contributed by atoms with E-state index in [2.05, 4.69) is 26.1 Å². The van der Waals surface area contributed by atoms with Crippen molar-refractivity contribution in [2.45, 2.75) is 18.7 Å². The molecule has 1 aliphatic heterocycles. The van der Waals surface area contributed by atoms with Crippen molar-refractivity contribution in [3.63, 3.8) is 0 Å². The van der Waals surface area contributed by atoms with E-state index in [1.807, 2.05) is 61.2 Å². The van der Waals surface area contributed by atoms with E-state index < -0.39 is 0 Å². The first-order valence-corrected chi connectivity index (χ1v) is 11.4. The Bertz CT molecular complexity index is 845. The summed E-state index contributed by atoms with van der Waals surface area (Å²) in [6, 6.07) is 14.0. The van der Waals surface area contributed by atoms with Crippen LogP contribution in [0, 0.1) is 13.8 Å². The van der Waals surface area contributed by atoms with E-state index in [-0.39, 0.29) is 11.8 Å². The number of aryl methyl sites for hydroxylation is 2. The van der Waals surface area contributed by atoms with Crippen molar-refractivity contribution < 1.29 is 9.59 Å². The van der Waals surface area contributed by atoms with Crippen LogP contribution in [0.15, 0.2) is 51.8 Å². The highest BCUT2D eigenvalue weighted by Crippen LogP contribution is 2.21. The molecule has 0 unspecified atom stereocenters. The average molecular weight is 476 g/mol. The largest absolute Gasteiger partial charge is 0.339 e. The second kappa shape index (κ2) is 10.3. The smallest absolute Gasteiger partial charge is 0.238 e. The quantitative estimate of drug-likeness (QED) is 0.642. The molecule has 29 heavy (non-hydrogen) atoms. The van der Waals surface area contributed by atoms with E-state index in [1.165, 1.54) is 0 Å². The molecule has 2 aromatic rings. The number of nitrogens with zero attached hydrogens (tertiary/aromatic N) is 2. The summed E-state index contributed by atoms with van der Waals surface area (Å²) in [7, 11) is 0. The fourth-order valence-electron chi connectivity index (χ4n) is 3.32. The van der Waals surface area contributed by atoms with Crippen molar-refractivity contribution in [1.82, 2.24) is 9.80 Å². The summed E-state index contributed by atoms with van der Waals surface area (Å²) in [6.45, 7) is 7.11. The number of carbonyl (C=O) groups is 2. The van der Waals surface area contributed by atoms with Gasteiger partial charge in [0.15, 0.2) is 0 Å². The van der Waals surface area contributed by atoms with Crippen LogP contribution < -0.4 is 5.32 Å². The standard InChI is InChI=1S/C22H26BrN3O2S/c1-16-4-3-5-17(2)22(16)24-20(27)14-25-10-12-26(13-11-25)21(28)15-29-19-8-6-18(23)7-9-19/h3-9H,10-15H2,1-2H3,(H,24,27). The lowest BCUT2D eigenvalue weighted by Crippen LogP contribution is -2.50. The highest BCUT2D eigenvalue weighted by atomic mass is 79.9. The van der Waals surface area contributed by atoms with Gasteiger partial charge in [-0.05, 0) is 49.2 Å². The van der Waals surface area contributed by atoms with Gasteiger partial charge >= 0.3 is 0 Å². The van der Waals surface area contributed by atoms with Gasteiger partial charge in [0.05, 0.1) is 12.3 Å². The minimum Gasteiger partial charge on any atom is -0.339 e. The number of piperazine rings is 1. The number of nitrogens with one attached hydrogen (secondary N) is 1. The molecule has 154 valence electrons. The summed E-state index contributed by atoms with van der Waals surface area (Å²) in [4.78, 5) is 30.0. The van der Waals surface area contributed by atoms with Crippen LogP contribution in [0.2, 0.25) is 0 Å². The zero-order valence-corrected chi connectivity index (χ0v) is 19.2. The minimum absolute atomic E-state index is 0.00651. The van der Waals surface area contributed by atoms with Gasteiger partial charge in [0.2, 0.25) is 11.8 Å². The normalized spacial score (nSPS) is 14.7. The van der Waals surface area contributed by atoms with E-state index in [0.29, 0.717) is 25.4 Å². The molecule has 0 bridgehead atoms. The van der Waals surface area contributed by atoms with Gasteiger partial charge < -0.3 is 10.2 Å². The Morgan fingerprint density at radius 1 is 1.00 bits per heavy atom. The predicted octanol–water partition coefficient (Wildman–Crippen LogP) is 3.94. The van der Waals surface area contributed by atoms with Gasteiger partial charge in [-0.15, -0.1) is 11.8 Å². The predicted molar refractivity (Wildman–Crippen MR) is 122 cm³/mol. The monoisotopic (exact) mass is 475 g/mol. The maximum Gasteiger partial charge on any atom is 0.238 e. The van der Waals surface area contributed by atoms with E-state index in [9.17, 15) is 9.59 Å². The minimum atomic E-state index is -0.00651. The first-order chi connectivity index (χ1) is 13.9. The maximum atomic E-state index is 12.5. The van der Waals surface area contributed by atoms with Gasteiger partial charge in [-0.1, -0.05) is 34.1 Å². The zero-order valence-electron chi connectivity index (χ0n) is 16.8. The second-order valence-corrected chi connectivity index (χ2v) is 9.18. The topological polar surface area (TPSA) is 52.7 Å². The third kappa shape index (κ3) is 6.32. The highest BCUT2D eigenvalue weighted by Gasteiger charge is 2.22. The Balaban J connectivity index is 1.42. The van der Waals surface area contributed by atoms with Crippen LogP contribution in [-0.4, -0.2) is 60.1 Å². The van der Waals surface area contributed by atoms with Crippen LogP contribution in [0.1, 0.15) is 11.1 Å². The van der Waals surface area contributed by atoms with Crippen molar-refractivity contribution in [2.75, 3.05) is 43.8 Å². The van der Waals surface area contributed by atoms with Crippen LogP contribution in [0.5, 0.6) is 0 Å². The van der Waals surface area contributed by atoms with Crippen molar-refractivity contribution in [1.29, 1.82) is 0 Å². The molecule has 1 N–H and O–H groups in total. The van der Waals surface area contributed by atoms with E-state index in [0.717, 1.165) is 39.3 Å². The van der Waals surface area contributed by atoms with Gasteiger partial charge in [0, 0.05) is 41.2 Å². The number of para-hydroxylation sites is 1. The Morgan fingerprint density at radius 3 is 2.24 bits per heavy atom. The zero-order chi connectivity index (χ0) is 20.8. The second-order valence-electron chi connectivity index (χ2n) is 7.21. The van der Waals surface area contributed by atoms with E-state index in [4.69, 9.17) is 0 Å². The van der Waals surface area contributed by atoms with Crippen LogP contribution in [0.25, 0.3) is 0 Å². The van der Waals surface area contributed by atoms with Gasteiger partial charge in [0.1, 0.15) is 0 Å². The molecule has 2 amide bonds. The van der Waals surface area contributed by atoms with Crippen molar-refractivity contribution >= 4 is 45.2 Å². The molecular weight excluding hydrogens is 450 g/mol. The molecule has 3 rings (SSSR count). The molecule has 0 radical (unpaired) electrons. The lowest BCUT2D eigenvalue weighted by Gasteiger charge is -2.34. The van der Waals surface area contributed by atoms with Crippen molar-refractivity contribution in [2.24, 2.45) is 0 Å². The first-order valence-electron chi connectivity index (χ1n) is 9.67. The fraction of sp³-hybridized carbons (Fsp3) is 0.364. The van der Waals surface area contributed by atoms with Gasteiger partial charge in [-0.2, -0.15) is 0 Å². The fourth-order valence-corrected chi connectivity index (χ4v) is 4.38. The first kappa shape index (κ1) is 21.9. The molecule has 1 heterocycles. The molecule has 1 fully saturated rings. The summed E-state index contributed by atoms with van der Waals surface area (Å²) in [5, 5.41) is 3.03. The molecule has 1 aliphatic rings. The number of thioether (sulfide) groups is 1. The lowest BCUT2D eigenvalue weighted by molar-refractivity contribution is -0.130. The van der Waals surface area contributed by atoms with Crippen molar-refractivity contribution in [3.05, 3.63) is 58.1 Å². The molecule has 2 aromatic carbocycles. The number of hydrogen-bond acceptors (Lipinski definition) is 4. The summed E-state index contributed by atoms with van der Waals surface area (Å²) in [5.74, 6) is 0.583. The van der Waals surface area contributed by atoms with Gasteiger partial charge in [0.25, 0.3) is 0 Å². The SMILES string of the molecule is Cc1cccc(C)c1NC(=O)CN1CCN(C(=O)CSc2ccc(Br)cc2)CC1. The molecule has 0 aliphatic carbocycles. The molecule has 0 atom stereocenters. The molecule has 0 spiro atoms. The molecule has 0 saturated carbocycles. The van der Waals surface area contributed by atoms with Crippen molar-refractivity contribution in [3.8, 4) is 0 Å².